The van der Waals surface area contributed by atoms with Gasteiger partial charge in [-0.3, -0.25) is 9.59 Å². The van der Waals surface area contributed by atoms with Gasteiger partial charge in [0.2, 0.25) is 5.91 Å². The van der Waals surface area contributed by atoms with Gasteiger partial charge in [0.15, 0.2) is 0 Å². The summed E-state index contributed by atoms with van der Waals surface area (Å²) < 4.78 is 2.19. The largest absolute Gasteiger partial charge is 0.354 e. The molecule has 0 spiro atoms. The second-order valence-corrected chi connectivity index (χ2v) is 6.57. The fourth-order valence-corrected chi connectivity index (χ4v) is 2.73. The molecule has 0 aliphatic carbocycles. The summed E-state index contributed by atoms with van der Waals surface area (Å²) in [5, 5.41) is 6.26. The standard InChI is InChI=1S/C14H20BrN3O2/c1-14(4-6-16-7-5-14)10-17-12(19)9-18-8-11(15)2-3-13(18)20/h2-3,8,16H,4-7,9-10H2,1H3,(H,17,19). The normalized spacial score (nSPS) is 17.7. The van der Waals surface area contributed by atoms with Crippen molar-refractivity contribution < 1.29 is 4.79 Å². The molecule has 110 valence electrons. The van der Waals surface area contributed by atoms with E-state index in [0.717, 1.165) is 30.4 Å². The SMILES string of the molecule is CC1(CNC(=O)Cn2cc(Br)ccc2=O)CCNCC1. The highest BCUT2D eigenvalue weighted by Gasteiger charge is 2.26. The first kappa shape index (κ1) is 15.3. The number of piperidine rings is 1. The van der Waals surface area contributed by atoms with Crippen LogP contribution in [0.4, 0.5) is 0 Å². The van der Waals surface area contributed by atoms with Crippen molar-refractivity contribution in [2.75, 3.05) is 19.6 Å². The lowest BCUT2D eigenvalue weighted by molar-refractivity contribution is -0.122. The maximum absolute atomic E-state index is 12.0. The Bertz CT molecular complexity index is 535. The van der Waals surface area contributed by atoms with E-state index in [1.807, 2.05) is 0 Å². The maximum Gasteiger partial charge on any atom is 0.251 e. The third-order valence-corrected chi connectivity index (χ3v) is 4.25. The number of carbonyl (C=O) groups excluding carboxylic acids is 1. The van der Waals surface area contributed by atoms with Crippen molar-refractivity contribution >= 4 is 21.8 Å². The Morgan fingerprint density at radius 3 is 2.85 bits per heavy atom. The van der Waals surface area contributed by atoms with Gasteiger partial charge in [0.25, 0.3) is 5.56 Å². The first-order valence-electron chi connectivity index (χ1n) is 6.82. The zero-order valence-corrected chi connectivity index (χ0v) is 13.2. The molecule has 0 radical (unpaired) electrons. The second kappa shape index (κ2) is 6.54. The van der Waals surface area contributed by atoms with Crippen LogP contribution in [0.25, 0.3) is 0 Å². The van der Waals surface area contributed by atoms with Crippen LogP contribution in [-0.4, -0.2) is 30.1 Å². The summed E-state index contributed by atoms with van der Waals surface area (Å²) in [5.74, 6) is -0.120. The number of amides is 1. The molecule has 2 heterocycles. The highest BCUT2D eigenvalue weighted by atomic mass is 79.9. The number of rotatable bonds is 4. The molecule has 2 N–H and O–H groups in total. The Labute approximate surface area is 126 Å². The molecule has 1 fully saturated rings. The molecule has 0 bridgehead atoms. The number of carbonyl (C=O) groups is 1. The molecule has 0 unspecified atom stereocenters. The Hall–Kier alpha value is -1.14. The van der Waals surface area contributed by atoms with Crippen LogP contribution in [0, 0.1) is 5.41 Å². The van der Waals surface area contributed by atoms with Crippen LogP contribution < -0.4 is 16.2 Å². The molecule has 2 rings (SSSR count). The number of aromatic nitrogens is 1. The molecular formula is C14H20BrN3O2. The Balaban J connectivity index is 1.89. The van der Waals surface area contributed by atoms with Gasteiger partial charge in [-0.2, -0.15) is 0 Å². The van der Waals surface area contributed by atoms with Crippen molar-refractivity contribution in [2.45, 2.75) is 26.3 Å². The van der Waals surface area contributed by atoms with E-state index in [2.05, 4.69) is 33.5 Å². The summed E-state index contributed by atoms with van der Waals surface area (Å²) in [7, 11) is 0. The molecule has 1 saturated heterocycles. The van der Waals surface area contributed by atoms with E-state index in [9.17, 15) is 9.59 Å². The topological polar surface area (TPSA) is 63.1 Å². The van der Waals surface area contributed by atoms with Crippen LogP contribution >= 0.6 is 15.9 Å². The summed E-state index contributed by atoms with van der Waals surface area (Å²) in [6.07, 6.45) is 3.75. The highest BCUT2D eigenvalue weighted by molar-refractivity contribution is 9.10. The van der Waals surface area contributed by atoms with Gasteiger partial charge >= 0.3 is 0 Å². The molecular weight excluding hydrogens is 322 g/mol. The Morgan fingerprint density at radius 1 is 1.45 bits per heavy atom. The van der Waals surface area contributed by atoms with Crippen LogP contribution in [0.3, 0.4) is 0 Å². The smallest absolute Gasteiger partial charge is 0.251 e. The van der Waals surface area contributed by atoms with Gasteiger partial charge in [-0.05, 0) is 53.3 Å². The van der Waals surface area contributed by atoms with E-state index in [4.69, 9.17) is 0 Å². The van der Waals surface area contributed by atoms with Crippen molar-refractivity contribution in [3.63, 3.8) is 0 Å². The zero-order valence-electron chi connectivity index (χ0n) is 11.6. The van der Waals surface area contributed by atoms with Gasteiger partial charge in [-0.15, -0.1) is 0 Å². The van der Waals surface area contributed by atoms with Crippen molar-refractivity contribution in [3.8, 4) is 0 Å². The third kappa shape index (κ3) is 4.18. The quantitative estimate of drug-likeness (QED) is 0.862. The number of nitrogens with zero attached hydrogens (tertiary/aromatic N) is 1. The van der Waals surface area contributed by atoms with Crippen molar-refractivity contribution in [1.29, 1.82) is 0 Å². The van der Waals surface area contributed by atoms with E-state index in [1.165, 1.54) is 10.6 Å². The van der Waals surface area contributed by atoms with E-state index >= 15 is 0 Å². The van der Waals surface area contributed by atoms with Crippen LogP contribution in [0.2, 0.25) is 0 Å². The first-order valence-corrected chi connectivity index (χ1v) is 7.61. The van der Waals surface area contributed by atoms with Gasteiger partial charge in [-0.25, -0.2) is 0 Å². The van der Waals surface area contributed by atoms with Crippen molar-refractivity contribution in [3.05, 3.63) is 33.2 Å². The summed E-state index contributed by atoms with van der Waals surface area (Å²) in [6, 6.07) is 3.12. The third-order valence-electron chi connectivity index (χ3n) is 3.78. The molecule has 5 nitrogen and oxygen atoms in total. The van der Waals surface area contributed by atoms with Crippen LogP contribution in [0.5, 0.6) is 0 Å². The Kier molecular flexibility index (Phi) is 4.99. The van der Waals surface area contributed by atoms with Crippen molar-refractivity contribution in [1.82, 2.24) is 15.2 Å². The number of pyridine rings is 1. The van der Waals surface area contributed by atoms with Gasteiger partial charge in [-0.1, -0.05) is 6.92 Å². The lowest BCUT2D eigenvalue weighted by Gasteiger charge is -2.34. The molecule has 1 amide bonds. The summed E-state index contributed by atoms with van der Waals surface area (Å²) in [5.41, 5.74) is -0.0141. The minimum Gasteiger partial charge on any atom is -0.354 e. The maximum atomic E-state index is 12.0. The summed E-state index contributed by atoms with van der Waals surface area (Å²) in [6.45, 7) is 4.91. The zero-order chi connectivity index (χ0) is 14.6. The number of nitrogens with one attached hydrogen (secondary N) is 2. The molecule has 1 aliphatic rings. The van der Waals surface area contributed by atoms with Gasteiger partial charge in [0.05, 0.1) is 0 Å². The van der Waals surface area contributed by atoms with Gasteiger partial charge in [0, 0.05) is 23.3 Å². The second-order valence-electron chi connectivity index (χ2n) is 5.65. The van der Waals surface area contributed by atoms with Crippen LogP contribution in [0.1, 0.15) is 19.8 Å². The molecule has 1 aromatic heterocycles. The lowest BCUT2D eigenvalue weighted by Crippen LogP contribution is -2.44. The van der Waals surface area contributed by atoms with Crippen LogP contribution in [0.15, 0.2) is 27.6 Å². The van der Waals surface area contributed by atoms with Gasteiger partial charge in [0.1, 0.15) is 6.54 Å². The highest BCUT2D eigenvalue weighted by Crippen LogP contribution is 2.26. The van der Waals surface area contributed by atoms with Gasteiger partial charge < -0.3 is 15.2 Å². The molecule has 20 heavy (non-hydrogen) atoms. The Morgan fingerprint density at radius 2 is 2.15 bits per heavy atom. The summed E-state index contributed by atoms with van der Waals surface area (Å²) in [4.78, 5) is 23.6. The molecule has 1 aliphatic heterocycles. The minimum atomic E-state index is -0.170. The van der Waals surface area contributed by atoms with E-state index in [0.29, 0.717) is 6.54 Å². The number of hydrogen-bond donors (Lipinski definition) is 2. The molecule has 0 atom stereocenters. The van der Waals surface area contributed by atoms with E-state index < -0.39 is 0 Å². The fraction of sp³-hybridized carbons (Fsp3) is 0.571. The molecule has 0 saturated carbocycles. The average Bonchev–Trinajstić information content (AvgIpc) is 2.42. The average molecular weight is 342 g/mol. The molecule has 0 aromatic carbocycles. The first-order chi connectivity index (χ1) is 9.48. The molecule has 6 heteroatoms. The predicted molar refractivity (Wildman–Crippen MR) is 81.6 cm³/mol. The monoisotopic (exact) mass is 341 g/mol. The number of halogens is 1. The lowest BCUT2D eigenvalue weighted by atomic mass is 9.81. The molecule has 1 aromatic rings. The fourth-order valence-electron chi connectivity index (χ4n) is 2.36. The van der Waals surface area contributed by atoms with Crippen molar-refractivity contribution in [2.24, 2.45) is 5.41 Å². The van der Waals surface area contributed by atoms with E-state index in [1.54, 1.807) is 12.3 Å². The predicted octanol–water partition coefficient (Wildman–Crippen LogP) is 1.12. The minimum absolute atomic E-state index is 0.0621. The van der Waals surface area contributed by atoms with E-state index in [-0.39, 0.29) is 23.4 Å². The summed E-state index contributed by atoms with van der Waals surface area (Å²) >= 11 is 3.30. The van der Waals surface area contributed by atoms with Crippen LogP contribution in [-0.2, 0) is 11.3 Å². The number of hydrogen-bond acceptors (Lipinski definition) is 3.